The van der Waals surface area contributed by atoms with E-state index in [9.17, 15) is 20.1 Å². The largest absolute Gasteiger partial charge is 0.393 e. The number of nitrogens with zero attached hydrogens (tertiary/aromatic N) is 1. The fraction of sp³-hybridized carbons (Fsp3) is 0.586. The highest BCUT2D eigenvalue weighted by Crippen LogP contribution is 2.63. The van der Waals surface area contributed by atoms with Crippen molar-refractivity contribution in [2.45, 2.75) is 70.6 Å². The van der Waals surface area contributed by atoms with Gasteiger partial charge >= 0.3 is 0 Å². The Bertz CT molecular complexity index is 1180. The Morgan fingerprint density at radius 1 is 1.20 bits per heavy atom. The highest BCUT2D eigenvalue weighted by molar-refractivity contribution is 5.88. The minimum Gasteiger partial charge on any atom is -0.393 e. The van der Waals surface area contributed by atoms with Crippen molar-refractivity contribution in [1.82, 2.24) is 5.10 Å². The molecular formula is C29H37N2O4+. The molecule has 6 heteroatoms. The zero-order valence-corrected chi connectivity index (χ0v) is 20.7. The Kier molecular flexibility index (Phi) is 5.37. The second kappa shape index (κ2) is 8.12. The number of carbonyl (C=O) groups is 1. The normalized spacial score (nSPS) is 37.6. The van der Waals surface area contributed by atoms with Crippen LogP contribution in [0.3, 0.4) is 0 Å². The van der Waals surface area contributed by atoms with Crippen molar-refractivity contribution in [1.29, 1.82) is 0 Å². The number of aromatic amines is 1. The third-order valence-corrected chi connectivity index (χ3v) is 10.0. The maximum Gasteiger partial charge on any atom is 0.199 e. The zero-order chi connectivity index (χ0) is 24.5. The molecule has 7 atom stereocenters. The molecule has 0 saturated heterocycles. The van der Waals surface area contributed by atoms with Crippen LogP contribution in [0, 0.1) is 36.0 Å². The van der Waals surface area contributed by atoms with Crippen LogP contribution in [0.25, 0.3) is 6.08 Å². The van der Waals surface area contributed by atoms with Gasteiger partial charge in [0.05, 0.1) is 6.10 Å². The number of nitrogens with one attached hydrogen (secondary N) is 1. The lowest BCUT2D eigenvalue weighted by Crippen LogP contribution is -2.57. The first-order valence-corrected chi connectivity index (χ1v) is 13.2. The van der Waals surface area contributed by atoms with Crippen LogP contribution in [0.5, 0.6) is 0 Å². The number of hydrogen-bond donors (Lipinski definition) is 4. The van der Waals surface area contributed by atoms with Gasteiger partial charge < -0.3 is 15.3 Å². The van der Waals surface area contributed by atoms with Gasteiger partial charge in [0.15, 0.2) is 18.5 Å². The number of carbonyl (C=O) groups excluding carboxylic acids is 1. The Morgan fingerprint density at radius 3 is 2.71 bits per heavy atom. The highest BCUT2D eigenvalue weighted by Gasteiger charge is 2.62. The van der Waals surface area contributed by atoms with Gasteiger partial charge in [0, 0.05) is 17.0 Å². The van der Waals surface area contributed by atoms with Crippen LogP contribution in [0.4, 0.5) is 0 Å². The number of ketones is 1. The number of H-pyrrole nitrogens is 1. The van der Waals surface area contributed by atoms with Crippen molar-refractivity contribution in [2.75, 3.05) is 6.61 Å². The molecule has 3 saturated carbocycles. The topological polar surface area (TPSA) is 97.4 Å². The fourth-order valence-electron chi connectivity index (χ4n) is 8.36. The van der Waals surface area contributed by atoms with Crippen molar-refractivity contribution in [3.05, 3.63) is 58.4 Å². The predicted molar refractivity (Wildman–Crippen MR) is 131 cm³/mol. The maximum absolute atomic E-state index is 12.4. The number of benzene rings is 1. The SMILES string of the molecule is Cc1ccc(C[n+]2cc3c([nH]2)C=C2CC[C@@H]4[C@H]([C@@H](O)CC5[C@H]4CC[C@]5(O)C(=O)CO)[C@@]2(C)C3)cc1. The Labute approximate surface area is 206 Å². The van der Waals surface area contributed by atoms with Crippen LogP contribution in [0.2, 0.25) is 0 Å². The summed E-state index contributed by atoms with van der Waals surface area (Å²) in [4.78, 5) is 12.4. The number of aryl methyl sites for hydroxylation is 1. The van der Waals surface area contributed by atoms with E-state index < -0.39 is 24.1 Å². The first-order chi connectivity index (χ1) is 16.7. The maximum atomic E-state index is 12.4. The summed E-state index contributed by atoms with van der Waals surface area (Å²) in [7, 11) is 0. The van der Waals surface area contributed by atoms with E-state index in [1.54, 1.807) is 0 Å². The number of fused-ring (bicyclic) bond motifs is 6. The molecule has 4 aliphatic rings. The van der Waals surface area contributed by atoms with Gasteiger partial charge in [0.1, 0.15) is 17.9 Å². The Morgan fingerprint density at radius 2 is 1.97 bits per heavy atom. The molecular weight excluding hydrogens is 440 g/mol. The van der Waals surface area contributed by atoms with Crippen LogP contribution in [-0.4, -0.2) is 44.5 Å². The van der Waals surface area contributed by atoms with E-state index in [1.165, 1.54) is 28.0 Å². The molecule has 6 nitrogen and oxygen atoms in total. The fourth-order valence-corrected chi connectivity index (χ4v) is 8.36. The predicted octanol–water partition coefficient (Wildman–Crippen LogP) is 2.71. The van der Waals surface area contributed by atoms with Gasteiger partial charge in [0.2, 0.25) is 0 Å². The lowest BCUT2D eigenvalue weighted by molar-refractivity contribution is -0.742. The number of aliphatic hydroxyl groups is 3. The van der Waals surface area contributed by atoms with Gasteiger partial charge in [-0.1, -0.05) is 42.3 Å². The van der Waals surface area contributed by atoms with Crippen molar-refractivity contribution < 1.29 is 24.8 Å². The number of aromatic nitrogens is 2. The van der Waals surface area contributed by atoms with Gasteiger partial charge in [-0.25, -0.2) is 0 Å². The van der Waals surface area contributed by atoms with E-state index in [4.69, 9.17) is 0 Å². The molecule has 2 aromatic rings. The van der Waals surface area contributed by atoms with Crippen molar-refractivity contribution >= 4 is 11.9 Å². The molecule has 4 aliphatic carbocycles. The summed E-state index contributed by atoms with van der Waals surface area (Å²) < 4.78 is 2.16. The summed E-state index contributed by atoms with van der Waals surface area (Å²) in [6, 6.07) is 8.63. The van der Waals surface area contributed by atoms with E-state index >= 15 is 0 Å². The second-order valence-corrected chi connectivity index (χ2v) is 11.9. The quantitative estimate of drug-likeness (QED) is 0.509. The number of allylic oxidation sites excluding steroid dienone is 1. The molecule has 1 aromatic carbocycles. The molecule has 6 rings (SSSR count). The summed E-state index contributed by atoms with van der Waals surface area (Å²) in [5.74, 6) is -0.112. The number of hydrogen-bond acceptors (Lipinski definition) is 4. The molecule has 1 heterocycles. The Hall–Kier alpha value is -2.28. The molecule has 1 unspecified atom stereocenters. The standard InChI is InChI=1S/C29H36N2O4/c1-17-3-5-18(6-4-17)14-31-15-19-13-28(2)20(11-24(19)30-31)7-8-22-21-9-10-29(35,26(34)16-32)23(21)12-25(33)27(22)28/h3-6,11,15,21-23,25,27,32-33,35H,7-10,12-14,16H2,1-2H3/p+1/t21-,22-,23?,25-,27+,28-,29+/m0/s1. The lowest BCUT2D eigenvalue weighted by Gasteiger charge is -2.57. The first-order valence-electron chi connectivity index (χ1n) is 13.2. The molecule has 0 radical (unpaired) electrons. The van der Waals surface area contributed by atoms with Gasteiger partial charge in [-0.2, -0.15) is 5.10 Å². The molecule has 0 spiro atoms. The summed E-state index contributed by atoms with van der Waals surface area (Å²) in [6.07, 6.45) is 8.46. The third-order valence-electron chi connectivity index (χ3n) is 10.0. The minimum absolute atomic E-state index is 0.115. The lowest BCUT2D eigenvalue weighted by atomic mass is 9.48. The van der Waals surface area contributed by atoms with E-state index in [-0.39, 0.29) is 29.1 Å². The molecule has 0 amide bonds. The molecule has 35 heavy (non-hydrogen) atoms. The smallest absolute Gasteiger partial charge is 0.199 e. The van der Waals surface area contributed by atoms with E-state index in [2.05, 4.69) is 60.2 Å². The van der Waals surface area contributed by atoms with E-state index in [0.717, 1.165) is 32.2 Å². The van der Waals surface area contributed by atoms with Crippen LogP contribution < -0.4 is 4.68 Å². The summed E-state index contributed by atoms with van der Waals surface area (Å²) in [6.45, 7) is 4.58. The monoisotopic (exact) mass is 477 g/mol. The van der Waals surface area contributed by atoms with E-state index in [0.29, 0.717) is 12.8 Å². The summed E-state index contributed by atoms with van der Waals surface area (Å²) >= 11 is 0. The molecule has 0 bridgehead atoms. The first kappa shape index (κ1) is 23.1. The van der Waals surface area contributed by atoms with Crippen LogP contribution >= 0.6 is 0 Å². The zero-order valence-electron chi connectivity index (χ0n) is 20.7. The van der Waals surface area contributed by atoms with Crippen molar-refractivity contribution in [3.63, 3.8) is 0 Å². The molecule has 186 valence electrons. The van der Waals surface area contributed by atoms with Crippen LogP contribution in [0.1, 0.15) is 61.4 Å². The molecule has 4 N–H and O–H groups in total. The number of aliphatic hydroxyl groups excluding tert-OH is 2. The molecule has 1 aromatic heterocycles. The summed E-state index contributed by atoms with van der Waals surface area (Å²) in [5.41, 5.74) is 4.78. The average molecular weight is 478 g/mol. The van der Waals surface area contributed by atoms with Crippen LogP contribution in [-0.2, 0) is 17.8 Å². The van der Waals surface area contributed by atoms with Gasteiger partial charge in [0.25, 0.3) is 0 Å². The second-order valence-electron chi connectivity index (χ2n) is 11.9. The third kappa shape index (κ3) is 3.48. The van der Waals surface area contributed by atoms with Gasteiger partial charge in [-0.15, -0.1) is 4.68 Å². The van der Waals surface area contributed by atoms with E-state index in [1.807, 2.05) is 0 Å². The minimum atomic E-state index is -1.48. The summed E-state index contributed by atoms with van der Waals surface area (Å²) in [5, 5.41) is 35.7. The highest BCUT2D eigenvalue weighted by atomic mass is 16.3. The van der Waals surface area contributed by atoms with Crippen molar-refractivity contribution in [2.24, 2.45) is 29.1 Å². The van der Waals surface area contributed by atoms with Gasteiger partial charge in [-0.3, -0.25) is 4.79 Å². The molecule has 0 aliphatic heterocycles. The van der Waals surface area contributed by atoms with Crippen molar-refractivity contribution in [3.8, 4) is 0 Å². The average Bonchev–Trinajstić information content (AvgIpc) is 3.38. The molecule has 3 fully saturated rings. The number of Topliss-reactive ketones (excluding diaryl/α,β-unsaturated/α-hetero) is 1. The number of rotatable bonds is 4. The van der Waals surface area contributed by atoms with Gasteiger partial charge in [-0.05, 0) is 74.7 Å². The van der Waals surface area contributed by atoms with Crippen LogP contribution in [0.15, 0.2) is 36.0 Å². The Balaban J connectivity index is 1.28.